The second-order valence-electron chi connectivity index (χ2n) is 9.07. The van der Waals surface area contributed by atoms with E-state index in [0.29, 0.717) is 12.3 Å². The van der Waals surface area contributed by atoms with Crippen LogP contribution in [0.2, 0.25) is 0 Å². The third kappa shape index (κ3) is 8.51. The minimum Gasteiger partial charge on any atom is -0.497 e. The molecule has 0 radical (unpaired) electrons. The summed E-state index contributed by atoms with van der Waals surface area (Å²) in [5.41, 5.74) is 0.751. The zero-order chi connectivity index (χ0) is 26.9. The number of hydrogen-bond donors (Lipinski definition) is 1. The van der Waals surface area contributed by atoms with E-state index in [9.17, 15) is 22.4 Å². The van der Waals surface area contributed by atoms with Crippen LogP contribution in [-0.2, 0) is 26.2 Å². The number of sulfonamides is 1. The fourth-order valence-corrected chi connectivity index (χ4v) is 4.57. The second-order valence-corrected chi connectivity index (χ2v) is 11.0. The lowest BCUT2D eigenvalue weighted by Crippen LogP contribution is -2.48. The van der Waals surface area contributed by atoms with Gasteiger partial charge in [0.1, 0.15) is 17.6 Å². The number of methoxy groups -OCH3 is 1. The third-order valence-corrected chi connectivity index (χ3v) is 6.82. The normalized spacial score (nSPS) is 12.2. The molecule has 0 saturated heterocycles. The number of carbonyl (C=O) groups is 2. The lowest BCUT2D eigenvalue weighted by Gasteiger charge is -2.29. The lowest BCUT2D eigenvalue weighted by molar-refractivity contribution is -0.140. The van der Waals surface area contributed by atoms with Crippen LogP contribution in [-0.4, -0.2) is 57.6 Å². The van der Waals surface area contributed by atoms with Crippen LogP contribution in [0.3, 0.4) is 0 Å². The fraction of sp³-hybridized carbons (Fsp3) is 0.462. The van der Waals surface area contributed by atoms with Crippen LogP contribution >= 0.6 is 0 Å². The minimum absolute atomic E-state index is 0.0154. The van der Waals surface area contributed by atoms with Gasteiger partial charge in [0, 0.05) is 26.1 Å². The van der Waals surface area contributed by atoms with E-state index in [1.807, 2.05) is 26.0 Å². The highest BCUT2D eigenvalue weighted by molar-refractivity contribution is 7.92. The molecule has 8 nitrogen and oxygen atoms in total. The molecule has 1 N–H and O–H groups in total. The van der Waals surface area contributed by atoms with Crippen molar-refractivity contribution in [3.63, 3.8) is 0 Å². The highest BCUT2D eigenvalue weighted by atomic mass is 32.2. The molecule has 2 aromatic carbocycles. The van der Waals surface area contributed by atoms with E-state index in [-0.39, 0.29) is 49.4 Å². The van der Waals surface area contributed by atoms with Crippen molar-refractivity contribution in [2.75, 3.05) is 30.8 Å². The van der Waals surface area contributed by atoms with E-state index in [4.69, 9.17) is 4.74 Å². The summed E-state index contributed by atoms with van der Waals surface area (Å²) >= 11 is 0. The van der Waals surface area contributed by atoms with Crippen molar-refractivity contribution in [3.05, 3.63) is 59.9 Å². The summed E-state index contributed by atoms with van der Waals surface area (Å²) in [6, 6.07) is 12.1. The largest absolute Gasteiger partial charge is 0.497 e. The Bertz CT molecular complexity index is 1120. The molecule has 36 heavy (non-hydrogen) atoms. The van der Waals surface area contributed by atoms with Crippen LogP contribution < -0.4 is 14.4 Å². The number of anilines is 1. The predicted octanol–water partition coefficient (Wildman–Crippen LogP) is 3.57. The summed E-state index contributed by atoms with van der Waals surface area (Å²) in [6.45, 7) is 6.24. The van der Waals surface area contributed by atoms with Crippen LogP contribution in [0.15, 0.2) is 48.5 Å². The molecule has 0 saturated carbocycles. The summed E-state index contributed by atoms with van der Waals surface area (Å²) in [6.07, 6.45) is 1.14. The first kappa shape index (κ1) is 29.1. The van der Waals surface area contributed by atoms with Gasteiger partial charge in [0.25, 0.3) is 0 Å². The Morgan fingerprint density at radius 1 is 1.06 bits per heavy atom. The molecule has 10 heteroatoms. The quantitative estimate of drug-likeness (QED) is 0.435. The molecule has 1 atom stereocenters. The molecule has 1 unspecified atom stereocenters. The zero-order valence-electron chi connectivity index (χ0n) is 21.5. The Morgan fingerprint density at radius 2 is 1.69 bits per heavy atom. The van der Waals surface area contributed by atoms with Gasteiger partial charge in [0.15, 0.2) is 0 Å². The molecule has 0 aliphatic carbocycles. The van der Waals surface area contributed by atoms with Crippen molar-refractivity contribution in [3.8, 4) is 5.75 Å². The number of benzene rings is 2. The number of carbonyl (C=O) groups excluding carboxylic acids is 2. The number of nitrogens with one attached hydrogen (secondary N) is 1. The van der Waals surface area contributed by atoms with Crippen molar-refractivity contribution in [2.24, 2.45) is 5.92 Å². The van der Waals surface area contributed by atoms with Crippen molar-refractivity contribution < 1.29 is 27.1 Å². The van der Waals surface area contributed by atoms with E-state index in [2.05, 4.69) is 5.32 Å². The average molecular weight is 522 g/mol. The monoisotopic (exact) mass is 521 g/mol. The van der Waals surface area contributed by atoms with Crippen molar-refractivity contribution in [1.29, 1.82) is 0 Å². The highest BCUT2D eigenvalue weighted by Gasteiger charge is 2.27. The van der Waals surface area contributed by atoms with Gasteiger partial charge in [-0.05, 0) is 49.1 Å². The molecule has 0 spiro atoms. The van der Waals surface area contributed by atoms with Crippen LogP contribution in [0, 0.1) is 11.7 Å². The molecule has 0 aromatic heterocycles. The van der Waals surface area contributed by atoms with E-state index < -0.39 is 21.9 Å². The van der Waals surface area contributed by atoms with Gasteiger partial charge in [0.2, 0.25) is 21.8 Å². The van der Waals surface area contributed by atoms with E-state index in [0.717, 1.165) is 16.1 Å². The van der Waals surface area contributed by atoms with Gasteiger partial charge in [-0.25, -0.2) is 12.8 Å². The Hall–Kier alpha value is -3.14. The van der Waals surface area contributed by atoms with E-state index in [1.165, 1.54) is 23.1 Å². The number of amides is 2. The molecule has 2 amide bonds. The van der Waals surface area contributed by atoms with E-state index >= 15 is 0 Å². The topological polar surface area (TPSA) is 96.0 Å². The van der Waals surface area contributed by atoms with Crippen molar-refractivity contribution in [2.45, 2.75) is 46.2 Å². The Morgan fingerprint density at radius 3 is 2.25 bits per heavy atom. The van der Waals surface area contributed by atoms with Gasteiger partial charge in [0.05, 0.1) is 19.1 Å². The maximum Gasteiger partial charge on any atom is 0.242 e. The maximum absolute atomic E-state index is 14.3. The van der Waals surface area contributed by atoms with Crippen LogP contribution in [0.1, 0.15) is 39.2 Å². The molecule has 198 valence electrons. The zero-order valence-corrected chi connectivity index (χ0v) is 22.3. The van der Waals surface area contributed by atoms with Crippen LogP contribution in [0.4, 0.5) is 10.1 Å². The molecule has 2 rings (SSSR count). The molecular weight excluding hydrogens is 485 g/mol. The van der Waals surface area contributed by atoms with Gasteiger partial charge in [-0.2, -0.15) is 0 Å². The second kappa shape index (κ2) is 13.2. The fourth-order valence-electron chi connectivity index (χ4n) is 3.60. The van der Waals surface area contributed by atoms with Crippen LogP contribution in [0.25, 0.3) is 0 Å². The van der Waals surface area contributed by atoms with Crippen molar-refractivity contribution >= 4 is 27.5 Å². The first-order valence-corrected chi connectivity index (χ1v) is 13.7. The average Bonchev–Trinajstić information content (AvgIpc) is 2.83. The molecule has 0 fully saturated rings. The van der Waals surface area contributed by atoms with Crippen LogP contribution in [0.5, 0.6) is 5.75 Å². The van der Waals surface area contributed by atoms with Gasteiger partial charge in [-0.1, -0.05) is 38.1 Å². The molecule has 0 heterocycles. The Kier molecular flexibility index (Phi) is 10.7. The van der Waals surface area contributed by atoms with Gasteiger partial charge < -0.3 is 15.0 Å². The molecule has 0 aliphatic rings. The summed E-state index contributed by atoms with van der Waals surface area (Å²) in [5, 5.41) is 2.86. The standard InChI is InChI=1S/C26H36FN3O5S/c1-19(2)17-28-26(32)20(3)29(18-21-12-14-22(35-4)15-13-21)25(31)11-8-16-30(36(5,33)34)24-10-7-6-9-23(24)27/h6-7,9-10,12-15,19-20H,8,11,16-18H2,1-5H3,(H,28,32). The number of rotatable bonds is 13. The van der Waals surface area contributed by atoms with Crippen molar-refractivity contribution in [1.82, 2.24) is 10.2 Å². The van der Waals surface area contributed by atoms with Gasteiger partial charge in [-0.3, -0.25) is 13.9 Å². The minimum atomic E-state index is -3.77. The number of ether oxygens (including phenoxy) is 1. The molecule has 0 bridgehead atoms. The number of halogens is 1. The summed E-state index contributed by atoms with van der Waals surface area (Å²) in [5.74, 6) is -0.305. The first-order valence-electron chi connectivity index (χ1n) is 11.9. The number of para-hydroxylation sites is 1. The smallest absolute Gasteiger partial charge is 0.242 e. The van der Waals surface area contributed by atoms with E-state index in [1.54, 1.807) is 32.2 Å². The lowest BCUT2D eigenvalue weighted by atomic mass is 10.1. The highest BCUT2D eigenvalue weighted by Crippen LogP contribution is 2.22. The maximum atomic E-state index is 14.3. The van der Waals surface area contributed by atoms with Gasteiger partial charge in [-0.15, -0.1) is 0 Å². The Labute approximate surface area is 213 Å². The molecule has 0 aliphatic heterocycles. The summed E-state index contributed by atoms with van der Waals surface area (Å²) in [7, 11) is -2.20. The number of hydrogen-bond acceptors (Lipinski definition) is 5. The SMILES string of the molecule is COc1ccc(CN(C(=O)CCCN(c2ccccc2F)S(C)(=O)=O)C(C)C(=O)NCC(C)C)cc1. The third-order valence-electron chi connectivity index (χ3n) is 5.64. The molecular formula is C26H36FN3O5S. The summed E-state index contributed by atoms with van der Waals surface area (Å²) < 4.78 is 45.0. The predicted molar refractivity (Wildman–Crippen MR) is 139 cm³/mol. The first-order chi connectivity index (χ1) is 16.9. The summed E-state index contributed by atoms with van der Waals surface area (Å²) in [4.78, 5) is 27.5. The Balaban J connectivity index is 2.17. The molecule has 2 aromatic rings. The number of nitrogens with zero attached hydrogens (tertiary/aromatic N) is 2. The van der Waals surface area contributed by atoms with Gasteiger partial charge >= 0.3 is 0 Å².